The molecule has 4 rings (SSSR count). The van der Waals surface area contributed by atoms with Gasteiger partial charge in [-0.05, 0) is 66.9 Å². The molecular formula is C24H23ClNO7PS. The molecule has 0 saturated heterocycles. The first-order valence-electron chi connectivity index (χ1n) is 10.6. The molecule has 0 aliphatic carbocycles. The number of nitrogens with two attached hydrogens (primary N) is 1. The van der Waals surface area contributed by atoms with Gasteiger partial charge in [0.25, 0.3) is 0 Å². The van der Waals surface area contributed by atoms with Crippen molar-refractivity contribution in [2.75, 3.05) is 13.2 Å². The molecule has 3 aromatic carbocycles. The van der Waals surface area contributed by atoms with E-state index in [0.29, 0.717) is 33.7 Å². The molecule has 5 N–H and O–H groups in total. The van der Waals surface area contributed by atoms with Gasteiger partial charge < -0.3 is 25.4 Å². The van der Waals surface area contributed by atoms with E-state index in [0.717, 1.165) is 15.0 Å². The highest BCUT2D eigenvalue weighted by atomic mass is 35.5. The molecule has 1 atom stereocenters. The first kappa shape index (κ1) is 25.8. The average molecular weight is 536 g/mol. The summed E-state index contributed by atoms with van der Waals surface area (Å²) in [6.07, 6.45) is 0.628. The molecule has 0 radical (unpaired) electrons. The van der Waals surface area contributed by atoms with E-state index in [4.69, 9.17) is 31.9 Å². The number of phosphoric ester groups is 1. The Kier molecular flexibility index (Phi) is 7.61. The SMILES string of the molecule is NC(CO)(CCc1ccc2c(=O)c3ccc(Oc4cccc(Cl)c4)cc3sc2c1)COP(=O)(O)O. The van der Waals surface area contributed by atoms with Gasteiger partial charge in [0, 0.05) is 25.2 Å². The number of benzene rings is 3. The zero-order chi connectivity index (χ0) is 25.2. The van der Waals surface area contributed by atoms with E-state index in [-0.39, 0.29) is 11.8 Å². The normalized spacial score (nSPS) is 13.7. The lowest BCUT2D eigenvalue weighted by Crippen LogP contribution is -2.48. The number of aliphatic hydroxyl groups is 1. The summed E-state index contributed by atoms with van der Waals surface area (Å²) in [5.41, 5.74) is 5.51. The monoisotopic (exact) mass is 535 g/mol. The molecule has 0 spiro atoms. The van der Waals surface area contributed by atoms with E-state index in [1.165, 1.54) is 11.3 Å². The fourth-order valence-corrected chi connectivity index (χ4v) is 5.33. The molecule has 11 heteroatoms. The molecule has 0 aliphatic rings. The second-order valence-corrected chi connectivity index (χ2v) is 11.0. The molecule has 1 aromatic heterocycles. The Morgan fingerprint density at radius 2 is 1.69 bits per heavy atom. The predicted octanol–water partition coefficient (Wildman–Crippen LogP) is 4.59. The van der Waals surface area contributed by atoms with Gasteiger partial charge in [0.05, 0.1) is 18.8 Å². The lowest BCUT2D eigenvalue weighted by Gasteiger charge is -2.27. The standard InChI is InChI=1S/C24H23ClNO7PS/c25-16-2-1-3-17(11-16)33-18-5-7-20-22(12-18)35-21-10-15(4-6-19(21)23(20)28)8-9-24(26,13-27)14-32-34(29,30)31/h1-7,10-12,27H,8-9,13-14,26H2,(H2,29,30,31). The molecular weight excluding hydrogens is 513 g/mol. The highest BCUT2D eigenvalue weighted by Crippen LogP contribution is 2.37. The number of hydrogen-bond donors (Lipinski definition) is 4. The Bertz CT molecular complexity index is 1490. The molecule has 0 saturated carbocycles. The van der Waals surface area contributed by atoms with Crippen molar-refractivity contribution in [2.45, 2.75) is 18.4 Å². The quantitative estimate of drug-likeness (QED) is 0.180. The summed E-state index contributed by atoms with van der Waals surface area (Å²) in [6.45, 7) is -0.997. The van der Waals surface area contributed by atoms with Gasteiger partial charge in [-0.2, -0.15) is 0 Å². The minimum atomic E-state index is -4.70. The van der Waals surface area contributed by atoms with Crippen molar-refractivity contribution in [3.05, 3.63) is 81.5 Å². The van der Waals surface area contributed by atoms with Crippen LogP contribution in [-0.4, -0.2) is 33.6 Å². The number of halogens is 1. The van der Waals surface area contributed by atoms with Crippen LogP contribution >= 0.6 is 30.8 Å². The van der Waals surface area contributed by atoms with Gasteiger partial charge in [-0.3, -0.25) is 9.32 Å². The molecule has 35 heavy (non-hydrogen) atoms. The summed E-state index contributed by atoms with van der Waals surface area (Å²) in [6, 6.07) is 17.8. The number of ether oxygens (including phenoxy) is 1. The lowest BCUT2D eigenvalue weighted by atomic mass is 9.94. The van der Waals surface area contributed by atoms with Crippen molar-refractivity contribution < 1.29 is 28.7 Å². The van der Waals surface area contributed by atoms with Gasteiger partial charge in [0.15, 0.2) is 5.43 Å². The summed E-state index contributed by atoms with van der Waals surface area (Å²) in [5, 5.41) is 11.3. The summed E-state index contributed by atoms with van der Waals surface area (Å²) in [5.74, 6) is 1.16. The molecule has 0 fully saturated rings. The van der Waals surface area contributed by atoms with Crippen LogP contribution in [0, 0.1) is 0 Å². The van der Waals surface area contributed by atoms with E-state index in [1.807, 2.05) is 12.1 Å². The van der Waals surface area contributed by atoms with Crippen LogP contribution in [0.2, 0.25) is 5.02 Å². The van der Waals surface area contributed by atoms with Gasteiger partial charge in [0.2, 0.25) is 0 Å². The minimum Gasteiger partial charge on any atom is -0.457 e. The van der Waals surface area contributed by atoms with Crippen molar-refractivity contribution in [3.8, 4) is 11.5 Å². The molecule has 8 nitrogen and oxygen atoms in total. The van der Waals surface area contributed by atoms with E-state index in [2.05, 4.69) is 4.52 Å². The summed E-state index contributed by atoms with van der Waals surface area (Å²) >= 11 is 7.47. The number of rotatable bonds is 9. The fourth-order valence-electron chi connectivity index (χ4n) is 3.57. The Morgan fingerprint density at radius 1 is 1.00 bits per heavy atom. The lowest BCUT2D eigenvalue weighted by molar-refractivity contribution is 0.102. The van der Waals surface area contributed by atoms with Crippen LogP contribution in [0.15, 0.2) is 65.5 Å². The van der Waals surface area contributed by atoms with E-state index >= 15 is 0 Å². The van der Waals surface area contributed by atoms with Crippen LogP contribution in [0.1, 0.15) is 12.0 Å². The number of aliphatic hydroxyl groups excluding tert-OH is 1. The fraction of sp³-hybridized carbons (Fsp3) is 0.208. The van der Waals surface area contributed by atoms with E-state index in [9.17, 15) is 14.5 Å². The Morgan fingerprint density at radius 3 is 2.37 bits per heavy atom. The van der Waals surface area contributed by atoms with Crippen molar-refractivity contribution in [2.24, 2.45) is 5.73 Å². The number of phosphoric acid groups is 1. The van der Waals surface area contributed by atoms with Crippen molar-refractivity contribution in [1.82, 2.24) is 0 Å². The zero-order valence-electron chi connectivity index (χ0n) is 18.4. The van der Waals surface area contributed by atoms with E-state index < -0.39 is 26.6 Å². The number of aryl methyl sites for hydroxylation is 1. The predicted molar refractivity (Wildman–Crippen MR) is 137 cm³/mol. The first-order valence-corrected chi connectivity index (χ1v) is 13.3. The molecule has 4 aromatic rings. The highest BCUT2D eigenvalue weighted by Gasteiger charge is 2.28. The zero-order valence-corrected chi connectivity index (χ0v) is 20.9. The smallest absolute Gasteiger partial charge is 0.457 e. The van der Waals surface area contributed by atoms with Crippen molar-refractivity contribution in [1.29, 1.82) is 0 Å². The Hall–Kier alpha value is -2.33. The first-order chi connectivity index (χ1) is 16.5. The van der Waals surface area contributed by atoms with Crippen LogP contribution < -0.4 is 15.9 Å². The van der Waals surface area contributed by atoms with Crippen molar-refractivity contribution >= 4 is 50.9 Å². The third kappa shape index (κ3) is 6.46. The topological polar surface area (TPSA) is 139 Å². The molecule has 0 bridgehead atoms. The molecule has 1 heterocycles. The highest BCUT2D eigenvalue weighted by molar-refractivity contribution is 7.46. The largest absolute Gasteiger partial charge is 0.469 e. The van der Waals surface area contributed by atoms with Gasteiger partial charge >= 0.3 is 7.82 Å². The van der Waals surface area contributed by atoms with Crippen LogP contribution in [0.5, 0.6) is 11.5 Å². The second kappa shape index (κ2) is 10.3. The average Bonchev–Trinajstić information content (AvgIpc) is 2.81. The van der Waals surface area contributed by atoms with Gasteiger partial charge in [-0.25, -0.2) is 4.57 Å². The summed E-state index contributed by atoms with van der Waals surface area (Å²) in [4.78, 5) is 30.9. The van der Waals surface area contributed by atoms with Crippen LogP contribution in [0.25, 0.3) is 20.2 Å². The second-order valence-electron chi connectivity index (χ2n) is 8.26. The number of fused-ring (bicyclic) bond motifs is 2. The number of hydrogen-bond acceptors (Lipinski definition) is 7. The van der Waals surface area contributed by atoms with Gasteiger partial charge in [0.1, 0.15) is 11.5 Å². The van der Waals surface area contributed by atoms with Gasteiger partial charge in [-0.1, -0.05) is 23.7 Å². The minimum absolute atomic E-state index is 0.0896. The summed E-state index contributed by atoms with van der Waals surface area (Å²) < 4.78 is 22.9. The maximum atomic E-state index is 13.1. The van der Waals surface area contributed by atoms with Gasteiger partial charge in [-0.15, -0.1) is 11.3 Å². The third-order valence-electron chi connectivity index (χ3n) is 5.49. The maximum Gasteiger partial charge on any atom is 0.469 e. The van der Waals surface area contributed by atoms with Crippen molar-refractivity contribution in [3.63, 3.8) is 0 Å². The Labute approximate surface area is 209 Å². The molecule has 1 unspecified atom stereocenters. The Balaban J connectivity index is 1.60. The molecule has 184 valence electrons. The van der Waals surface area contributed by atoms with Crippen LogP contribution in [-0.2, 0) is 15.5 Å². The third-order valence-corrected chi connectivity index (χ3v) is 7.30. The van der Waals surface area contributed by atoms with Crippen LogP contribution in [0.4, 0.5) is 0 Å². The molecule has 0 aliphatic heterocycles. The summed E-state index contributed by atoms with van der Waals surface area (Å²) in [7, 11) is -4.70. The van der Waals surface area contributed by atoms with Crippen LogP contribution in [0.3, 0.4) is 0 Å². The van der Waals surface area contributed by atoms with E-state index in [1.54, 1.807) is 48.5 Å². The molecule has 0 amide bonds. The maximum absolute atomic E-state index is 13.1.